The first kappa shape index (κ1) is 15.3. The number of likely N-dealkylation sites (tertiary alicyclic amines) is 1. The van der Waals surface area contributed by atoms with Crippen molar-refractivity contribution < 1.29 is 18.4 Å². The van der Waals surface area contributed by atoms with Crippen LogP contribution in [0.4, 0.5) is 8.78 Å². The minimum atomic E-state index is -2.94. The van der Waals surface area contributed by atoms with Gasteiger partial charge in [-0.2, -0.15) is 8.78 Å². The molecule has 2 amide bonds. The quantitative estimate of drug-likeness (QED) is 0.784. The molecule has 2 unspecified atom stereocenters. The summed E-state index contributed by atoms with van der Waals surface area (Å²) in [4.78, 5) is 21.5. The Hall–Kier alpha value is -0.720. The zero-order valence-electron chi connectivity index (χ0n) is 10.2. The monoisotopic (exact) mass is 326 g/mol. The molecule has 0 aromatic carbocycles. The van der Waals surface area contributed by atoms with Crippen molar-refractivity contribution >= 4 is 27.7 Å². The molecule has 0 saturated carbocycles. The molecule has 18 heavy (non-hydrogen) atoms. The number of carbonyl (C=O) groups excluding carboxylic acids is 2. The van der Waals surface area contributed by atoms with Crippen LogP contribution in [0.1, 0.15) is 32.6 Å². The van der Waals surface area contributed by atoms with Crippen LogP contribution < -0.4 is 5.73 Å². The highest BCUT2D eigenvalue weighted by Crippen LogP contribution is 2.35. The van der Waals surface area contributed by atoms with Crippen LogP contribution in [0.3, 0.4) is 0 Å². The molecule has 2 atom stereocenters. The minimum absolute atomic E-state index is 0.0466. The highest BCUT2D eigenvalue weighted by molar-refractivity contribution is 9.09. The molecular weight excluding hydrogens is 310 g/mol. The SMILES string of the molecule is CCC(C(N)=O)N1CCC(CC(F)(F)Br)CC1=O. The van der Waals surface area contributed by atoms with Gasteiger partial charge >= 0.3 is 4.83 Å². The summed E-state index contributed by atoms with van der Waals surface area (Å²) in [7, 11) is 0. The van der Waals surface area contributed by atoms with Gasteiger partial charge in [-0.15, -0.1) is 0 Å². The second kappa shape index (κ2) is 5.95. The van der Waals surface area contributed by atoms with E-state index in [2.05, 4.69) is 15.9 Å². The number of alkyl halides is 3. The van der Waals surface area contributed by atoms with E-state index in [1.807, 2.05) is 0 Å². The third-order valence-corrected chi connectivity index (χ3v) is 3.50. The number of carbonyl (C=O) groups is 2. The molecule has 0 aliphatic carbocycles. The fourth-order valence-electron chi connectivity index (χ4n) is 2.32. The fraction of sp³-hybridized carbons (Fsp3) is 0.818. The van der Waals surface area contributed by atoms with E-state index in [0.717, 1.165) is 0 Å². The van der Waals surface area contributed by atoms with Gasteiger partial charge in [0.2, 0.25) is 11.8 Å². The topological polar surface area (TPSA) is 63.4 Å². The molecule has 1 heterocycles. The van der Waals surface area contributed by atoms with Crippen molar-refractivity contribution in [2.45, 2.75) is 43.5 Å². The Morgan fingerprint density at radius 1 is 1.67 bits per heavy atom. The third-order valence-electron chi connectivity index (χ3n) is 3.17. The van der Waals surface area contributed by atoms with Crippen molar-refractivity contribution in [2.24, 2.45) is 11.7 Å². The first-order chi connectivity index (χ1) is 8.24. The van der Waals surface area contributed by atoms with Crippen LogP contribution in [-0.2, 0) is 9.59 Å². The van der Waals surface area contributed by atoms with Crippen LogP contribution in [-0.4, -0.2) is 34.1 Å². The van der Waals surface area contributed by atoms with Crippen LogP contribution in [0.2, 0.25) is 0 Å². The highest BCUT2D eigenvalue weighted by atomic mass is 79.9. The number of piperidine rings is 1. The maximum absolute atomic E-state index is 12.8. The maximum atomic E-state index is 12.8. The smallest absolute Gasteiger partial charge is 0.301 e. The van der Waals surface area contributed by atoms with Crippen LogP contribution in [0.15, 0.2) is 0 Å². The molecule has 0 bridgehead atoms. The Labute approximate surface area is 113 Å². The Kier molecular flexibility index (Phi) is 5.07. The summed E-state index contributed by atoms with van der Waals surface area (Å²) >= 11 is 2.28. The Morgan fingerprint density at radius 3 is 2.67 bits per heavy atom. The standard InChI is InChI=1S/C11H17BrF2N2O2/c1-2-8(10(15)18)16-4-3-7(5-9(16)17)6-11(12,13)14/h7-8H,2-6H2,1H3,(H2,15,18). The Bertz CT molecular complexity index is 333. The fourth-order valence-corrected chi connectivity index (χ4v) is 2.78. The van der Waals surface area contributed by atoms with Crippen molar-refractivity contribution in [1.29, 1.82) is 0 Å². The summed E-state index contributed by atoms with van der Waals surface area (Å²) in [5, 5.41) is 0. The second-order valence-corrected chi connectivity index (χ2v) is 5.75. The van der Waals surface area contributed by atoms with Gasteiger partial charge in [0.05, 0.1) is 0 Å². The number of hydrogen-bond acceptors (Lipinski definition) is 2. The van der Waals surface area contributed by atoms with Gasteiger partial charge in [-0.3, -0.25) is 9.59 Å². The molecule has 1 saturated heterocycles. The molecular formula is C11H17BrF2N2O2. The Balaban J connectivity index is 2.61. The van der Waals surface area contributed by atoms with E-state index < -0.39 is 16.8 Å². The molecule has 4 nitrogen and oxygen atoms in total. The van der Waals surface area contributed by atoms with Crippen LogP contribution in [0.5, 0.6) is 0 Å². The molecule has 2 N–H and O–H groups in total. The lowest BCUT2D eigenvalue weighted by Gasteiger charge is -2.36. The maximum Gasteiger partial charge on any atom is 0.301 e. The lowest BCUT2D eigenvalue weighted by atomic mass is 9.92. The number of nitrogens with zero attached hydrogens (tertiary/aromatic N) is 1. The summed E-state index contributed by atoms with van der Waals surface area (Å²) in [6.45, 7) is 2.08. The predicted octanol–water partition coefficient (Wildman–Crippen LogP) is 1.87. The molecule has 7 heteroatoms. The summed E-state index contributed by atoms with van der Waals surface area (Å²) in [6.07, 6.45) is 0.599. The highest BCUT2D eigenvalue weighted by Gasteiger charge is 2.36. The Morgan fingerprint density at radius 2 is 2.28 bits per heavy atom. The second-order valence-electron chi connectivity index (χ2n) is 4.59. The number of halogens is 3. The summed E-state index contributed by atoms with van der Waals surface area (Å²) in [5.41, 5.74) is 5.22. The molecule has 0 radical (unpaired) electrons. The van der Waals surface area contributed by atoms with Crippen LogP contribution in [0, 0.1) is 5.92 Å². The molecule has 1 aliphatic heterocycles. The van der Waals surface area contributed by atoms with E-state index in [4.69, 9.17) is 5.73 Å². The molecule has 1 fully saturated rings. The lowest BCUT2D eigenvalue weighted by Crippen LogP contribution is -2.51. The average Bonchev–Trinajstić information content (AvgIpc) is 2.19. The van der Waals surface area contributed by atoms with E-state index in [0.29, 0.717) is 19.4 Å². The van der Waals surface area contributed by atoms with Gasteiger partial charge in [0.1, 0.15) is 6.04 Å². The van der Waals surface area contributed by atoms with Gasteiger partial charge < -0.3 is 10.6 Å². The van der Waals surface area contributed by atoms with Crippen molar-refractivity contribution in [2.75, 3.05) is 6.54 Å². The molecule has 104 valence electrons. The van der Waals surface area contributed by atoms with Crippen molar-refractivity contribution in [3.05, 3.63) is 0 Å². The van der Waals surface area contributed by atoms with Gasteiger partial charge in [-0.1, -0.05) is 6.92 Å². The number of nitrogens with two attached hydrogens (primary N) is 1. The molecule has 0 aromatic heterocycles. The van der Waals surface area contributed by atoms with E-state index in [-0.39, 0.29) is 24.7 Å². The number of primary amides is 1. The number of amides is 2. The molecule has 0 spiro atoms. The number of rotatable bonds is 5. The van der Waals surface area contributed by atoms with E-state index in [1.165, 1.54) is 4.90 Å². The van der Waals surface area contributed by atoms with Crippen LogP contribution >= 0.6 is 15.9 Å². The van der Waals surface area contributed by atoms with Crippen molar-refractivity contribution in [1.82, 2.24) is 4.90 Å². The van der Waals surface area contributed by atoms with Crippen molar-refractivity contribution in [3.63, 3.8) is 0 Å². The zero-order chi connectivity index (χ0) is 13.9. The molecule has 1 aliphatic rings. The largest absolute Gasteiger partial charge is 0.368 e. The average molecular weight is 327 g/mol. The summed E-state index contributed by atoms with van der Waals surface area (Å²) in [5.74, 6) is -1.17. The third kappa shape index (κ3) is 4.19. The number of hydrogen-bond donors (Lipinski definition) is 1. The normalized spacial score (nSPS) is 23.0. The predicted molar refractivity (Wildman–Crippen MR) is 66.2 cm³/mol. The van der Waals surface area contributed by atoms with Gasteiger partial charge in [0.25, 0.3) is 0 Å². The van der Waals surface area contributed by atoms with E-state index in [1.54, 1.807) is 6.92 Å². The van der Waals surface area contributed by atoms with Crippen molar-refractivity contribution in [3.8, 4) is 0 Å². The summed E-state index contributed by atoms with van der Waals surface area (Å²) < 4.78 is 25.6. The minimum Gasteiger partial charge on any atom is -0.368 e. The lowest BCUT2D eigenvalue weighted by molar-refractivity contribution is -0.143. The molecule has 1 rings (SSSR count). The van der Waals surface area contributed by atoms with Gasteiger partial charge in [-0.25, -0.2) is 0 Å². The molecule has 0 aromatic rings. The van der Waals surface area contributed by atoms with Crippen LogP contribution in [0.25, 0.3) is 0 Å². The zero-order valence-corrected chi connectivity index (χ0v) is 11.8. The first-order valence-electron chi connectivity index (χ1n) is 5.90. The van der Waals surface area contributed by atoms with E-state index in [9.17, 15) is 18.4 Å². The van der Waals surface area contributed by atoms with Gasteiger partial charge in [-0.05, 0) is 34.7 Å². The van der Waals surface area contributed by atoms with Gasteiger partial charge in [0.15, 0.2) is 0 Å². The van der Waals surface area contributed by atoms with E-state index >= 15 is 0 Å². The first-order valence-corrected chi connectivity index (χ1v) is 6.69. The summed E-state index contributed by atoms with van der Waals surface area (Å²) in [6, 6.07) is -0.622. The van der Waals surface area contributed by atoms with Gasteiger partial charge in [0, 0.05) is 19.4 Å².